The molecule has 0 bridgehead atoms. The van der Waals surface area contributed by atoms with Gasteiger partial charge < -0.3 is 10.4 Å². The predicted octanol–water partition coefficient (Wildman–Crippen LogP) is 3.46. The average Bonchev–Trinajstić information content (AvgIpc) is 2.64. The fourth-order valence-corrected chi connectivity index (χ4v) is 4.37. The molecule has 0 radical (unpaired) electrons. The maximum atomic E-state index is 12.2. The van der Waals surface area contributed by atoms with Crippen molar-refractivity contribution in [1.29, 1.82) is 0 Å². The Kier molecular flexibility index (Phi) is 5.76. The van der Waals surface area contributed by atoms with Crippen LogP contribution in [0.1, 0.15) is 38.7 Å². The molecule has 0 saturated heterocycles. The van der Waals surface area contributed by atoms with Crippen LogP contribution in [0.3, 0.4) is 0 Å². The Labute approximate surface area is 151 Å². The number of carboxylic acid groups (broad SMARTS) is 1. The van der Waals surface area contributed by atoms with Crippen molar-refractivity contribution in [2.45, 2.75) is 24.5 Å². The molecule has 5 heteroatoms. The Balaban J connectivity index is 1.54. The van der Waals surface area contributed by atoms with E-state index in [0.29, 0.717) is 30.2 Å². The molecule has 0 saturated carbocycles. The molecule has 1 atom stereocenters. The topological polar surface area (TPSA) is 66.4 Å². The number of hydrogen-bond acceptors (Lipinski definition) is 3. The molecule has 2 N–H and O–H groups in total. The van der Waals surface area contributed by atoms with Crippen molar-refractivity contribution in [3.63, 3.8) is 0 Å². The fourth-order valence-electron chi connectivity index (χ4n) is 3.14. The molecule has 0 fully saturated rings. The van der Waals surface area contributed by atoms with E-state index < -0.39 is 5.97 Å². The molecule has 0 aromatic heterocycles. The summed E-state index contributed by atoms with van der Waals surface area (Å²) < 4.78 is 0. The fraction of sp³-hybridized carbons (Fsp3) is 0.300. The van der Waals surface area contributed by atoms with Gasteiger partial charge in [-0.1, -0.05) is 42.5 Å². The van der Waals surface area contributed by atoms with Crippen LogP contribution in [0.15, 0.2) is 48.5 Å². The van der Waals surface area contributed by atoms with Gasteiger partial charge in [0.15, 0.2) is 0 Å². The first kappa shape index (κ1) is 17.5. The Morgan fingerprint density at radius 3 is 2.72 bits per heavy atom. The van der Waals surface area contributed by atoms with Crippen molar-refractivity contribution in [1.82, 2.24) is 5.32 Å². The predicted molar refractivity (Wildman–Crippen MR) is 100 cm³/mol. The molecule has 130 valence electrons. The Morgan fingerprint density at radius 2 is 1.88 bits per heavy atom. The number of benzene rings is 2. The lowest BCUT2D eigenvalue weighted by atomic mass is 10.0. The zero-order chi connectivity index (χ0) is 17.6. The summed E-state index contributed by atoms with van der Waals surface area (Å²) >= 11 is 1.88. The number of thioether (sulfide) groups is 1. The number of rotatable bonds is 6. The number of carbonyl (C=O) groups is 2. The van der Waals surface area contributed by atoms with E-state index >= 15 is 0 Å². The average molecular weight is 355 g/mol. The van der Waals surface area contributed by atoms with E-state index in [1.165, 1.54) is 11.1 Å². The summed E-state index contributed by atoms with van der Waals surface area (Å²) in [6.07, 6.45) is 1.81. The van der Waals surface area contributed by atoms with Crippen LogP contribution in [0.4, 0.5) is 0 Å². The SMILES string of the molecule is O=C(CCc1ccccc1C(=O)O)NCC1SCCc2ccccc21. The zero-order valence-corrected chi connectivity index (χ0v) is 14.7. The van der Waals surface area contributed by atoms with Crippen LogP contribution in [-0.2, 0) is 17.6 Å². The van der Waals surface area contributed by atoms with Gasteiger partial charge in [-0.3, -0.25) is 4.79 Å². The molecular formula is C20H21NO3S. The van der Waals surface area contributed by atoms with Crippen molar-refractivity contribution in [3.8, 4) is 0 Å². The minimum atomic E-state index is -0.953. The number of amides is 1. The van der Waals surface area contributed by atoms with Crippen molar-refractivity contribution < 1.29 is 14.7 Å². The second kappa shape index (κ2) is 8.21. The van der Waals surface area contributed by atoms with Gasteiger partial charge in [0.2, 0.25) is 5.91 Å². The van der Waals surface area contributed by atoms with Crippen molar-refractivity contribution in [3.05, 3.63) is 70.8 Å². The zero-order valence-electron chi connectivity index (χ0n) is 13.9. The lowest BCUT2D eigenvalue weighted by Gasteiger charge is -2.25. The number of hydrogen-bond donors (Lipinski definition) is 2. The van der Waals surface area contributed by atoms with Gasteiger partial charge in [0.25, 0.3) is 0 Å². The number of aromatic carboxylic acids is 1. The molecule has 3 rings (SSSR count). The number of carbonyl (C=O) groups excluding carboxylic acids is 1. The van der Waals surface area contributed by atoms with Gasteiger partial charge in [0.1, 0.15) is 0 Å². The summed E-state index contributed by atoms with van der Waals surface area (Å²) in [6.45, 7) is 0.612. The largest absolute Gasteiger partial charge is 0.478 e. The molecule has 1 aliphatic rings. The molecule has 1 heterocycles. The number of aryl methyl sites for hydroxylation is 2. The summed E-state index contributed by atoms with van der Waals surface area (Å²) in [5, 5.41) is 12.5. The van der Waals surface area contributed by atoms with E-state index in [9.17, 15) is 14.7 Å². The maximum Gasteiger partial charge on any atom is 0.335 e. The van der Waals surface area contributed by atoms with Crippen molar-refractivity contribution in [2.24, 2.45) is 0 Å². The standard InChI is InChI=1S/C20H21NO3S/c22-19(10-9-14-5-2-4-8-17(14)20(23)24)21-13-18-16-7-3-1-6-15(16)11-12-25-18/h1-8,18H,9-13H2,(H,21,22)(H,23,24). The highest BCUT2D eigenvalue weighted by Gasteiger charge is 2.20. The molecule has 0 aliphatic carbocycles. The Bertz CT molecular complexity index is 775. The van der Waals surface area contributed by atoms with Crippen LogP contribution in [0, 0.1) is 0 Å². The third-order valence-electron chi connectivity index (χ3n) is 4.45. The lowest BCUT2D eigenvalue weighted by molar-refractivity contribution is -0.121. The lowest BCUT2D eigenvalue weighted by Crippen LogP contribution is -2.29. The van der Waals surface area contributed by atoms with Gasteiger partial charge in [-0.25, -0.2) is 4.79 Å². The minimum absolute atomic E-state index is 0.0381. The van der Waals surface area contributed by atoms with Gasteiger partial charge in [-0.2, -0.15) is 11.8 Å². The van der Waals surface area contributed by atoms with Crippen LogP contribution < -0.4 is 5.32 Å². The first-order chi connectivity index (χ1) is 12.1. The molecule has 0 spiro atoms. The summed E-state index contributed by atoms with van der Waals surface area (Å²) in [5.41, 5.74) is 3.65. The highest BCUT2D eigenvalue weighted by Crippen LogP contribution is 2.35. The van der Waals surface area contributed by atoms with Crippen LogP contribution in [0.2, 0.25) is 0 Å². The Hall–Kier alpha value is -2.27. The van der Waals surface area contributed by atoms with E-state index in [1.54, 1.807) is 24.3 Å². The second-order valence-electron chi connectivity index (χ2n) is 6.07. The number of carboxylic acids is 1. The van der Waals surface area contributed by atoms with Crippen LogP contribution in [0.25, 0.3) is 0 Å². The maximum absolute atomic E-state index is 12.2. The molecule has 2 aromatic carbocycles. The van der Waals surface area contributed by atoms with E-state index in [1.807, 2.05) is 17.8 Å². The van der Waals surface area contributed by atoms with Gasteiger partial charge in [-0.15, -0.1) is 0 Å². The first-order valence-electron chi connectivity index (χ1n) is 8.42. The Morgan fingerprint density at radius 1 is 1.12 bits per heavy atom. The van der Waals surface area contributed by atoms with Crippen LogP contribution in [0.5, 0.6) is 0 Å². The van der Waals surface area contributed by atoms with Crippen LogP contribution in [-0.4, -0.2) is 29.3 Å². The monoisotopic (exact) mass is 355 g/mol. The van der Waals surface area contributed by atoms with Crippen molar-refractivity contribution in [2.75, 3.05) is 12.3 Å². The van der Waals surface area contributed by atoms with E-state index in [4.69, 9.17) is 0 Å². The summed E-state index contributed by atoms with van der Waals surface area (Å²) in [5.74, 6) is 0.0823. The summed E-state index contributed by atoms with van der Waals surface area (Å²) in [6, 6.07) is 15.2. The molecule has 1 unspecified atom stereocenters. The first-order valence-corrected chi connectivity index (χ1v) is 9.47. The smallest absolute Gasteiger partial charge is 0.335 e. The number of fused-ring (bicyclic) bond motifs is 1. The van der Waals surface area contributed by atoms with Crippen molar-refractivity contribution >= 4 is 23.6 Å². The van der Waals surface area contributed by atoms with Gasteiger partial charge >= 0.3 is 5.97 Å². The highest BCUT2D eigenvalue weighted by atomic mass is 32.2. The van der Waals surface area contributed by atoms with Gasteiger partial charge in [0.05, 0.1) is 5.56 Å². The van der Waals surface area contributed by atoms with E-state index in [2.05, 4.69) is 23.5 Å². The van der Waals surface area contributed by atoms with E-state index in [0.717, 1.165) is 12.2 Å². The molecule has 1 aliphatic heterocycles. The van der Waals surface area contributed by atoms with Crippen LogP contribution >= 0.6 is 11.8 Å². The van der Waals surface area contributed by atoms with Gasteiger partial charge in [0, 0.05) is 18.2 Å². The van der Waals surface area contributed by atoms with Gasteiger partial charge in [-0.05, 0) is 41.4 Å². The quantitative estimate of drug-likeness (QED) is 0.833. The summed E-state index contributed by atoms with van der Waals surface area (Å²) in [4.78, 5) is 23.4. The van der Waals surface area contributed by atoms with E-state index in [-0.39, 0.29) is 11.5 Å². The number of nitrogens with one attached hydrogen (secondary N) is 1. The molecular weight excluding hydrogens is 334 g/mol. The second-order valence-corrected chi connectivity index (χ2v) is 7.39. The summed E-state index contributed by atoms with van der Waals surface area (Å²) in [7, 11) is 0. The minimum Gasteiger partial charge on any atom is -0.478 e. The third-order valence-corrected chi connectivity index (χ3v) is 5.71. The molecule has 25 heavy (non-hydrogen) atoms. The molecule has 4 nitrogen and oxygen atoms in total. The molecule has 2 aromatic rings. The third kappa shape index (κ3) is 4.42. The normalized spacial score (nSPS) is 16.1. The molecule has 1 amide bonds. The highest BCUT2D eigenvalue weighted by molar-refractivity contribution is 7.99.